The number of rotatable bonds is 7. The lowest BCUT2D eigenvalue weighted by molar-refractivity contribution is -0.120. The van der Waals surface area contributed by atoms with E-state index in [0.29, 0.717) is 23.7 Å². The van der Waals surface area contributed by atoms with E-state index in [1.165, 1.54) is 6.42 Å². The summed E-state index contributed by atoms with van der Waals surface area (Å²) in [6.07, 6.45) is 8.83. The van der Waals surface area contributed by atoms with Crippen LogP contribution in [0.25, 0.3) is 0 Å². The molecular formula is C25H28N4O3. The first-order valence-corrected chi connectivity index (χ1v) is 11.0. The molecule has 2 aromatic carbocycles. The van der Waals surface area contributed by atoms with Crippen molar-refractivity contribution >= 4 is 23.2 Å². The van der Waals surface area contributed by atoms with Crippen LogP contribution in [0.4, 0.5) is 11.4 Å². The van der Waals surface area contributed by atoms with E-state index in [4.69, 9.17) is 4.74 Å². The van der Waals surface area contributed by atoms with E-state index in [2.05, 4.69) is 15.6 Å². The average molecular weight is 433 g/mol. The molecule has 2 amide bonds. The van der Waals surface area contributed by atoms with Crippen molar-refractivity contribution in [2.45, 2.75) is 38.6 Å². The Labute approximate surface area is 187 Å². The lowest BCUT2D eigenvalue weighted by Crippen LogP contribution is -2.24. The van der Waals surface area contributed by atoms with Crippen LogP contribution in [0.2, 0.25) is 0 Å². The molecule has 32 heavy (non-hydrogen) atoms. The van der Waals surface area contributed by atoms with Crippen LogP contribution in [0.5, 0.6) is 5.75 Å². The van der Waals surface area contributed by atoms with Crippen molar-refractivity contribution in [2.24, 2.45) is 5.92 Å². The molecule has 1 aliphatic carbocycles. The van der Waals surface area contributed by atoms with Gasteiger partial charge in [-0.15, -0.1) is 0 Å². The molecule has 0 saturated heterocycles. The molecule has 1 aromatic heterocycles. The van der Waals surface area contributed by atoms with Gasteiger partial charge in [0.15, 0.2) is 0 Å². The summed E-state index contributed by atoms with van der Waals surface area (Å²) in [5.41, 5.74) is 2.79. The largest absolute Gasteiger partial charge is 0.495 e. The number of hydrogen-bond acceptors (Lipinski definition) is 4. The molecule has 7 nitrogen and oxygen atoms in total. The molecule has 3 aromatic rings. The number of amides is 2. The number of benzene rings is 2. The van der Waals surface area contributed by atoms with Crippen LogP contribution in [-0.2, 0) is 11.3 Å². The van der Waals surface area contributed by atoms with E-state index in [-0.39, 0.29) is 17.7 Å². The van der Waals surface area contributed by atoms with Gasteiger partial charge >= 0.3 is 0 Å². The lowest BCUT2D eigenvalue weighted by Gasteiger charge is -2.20. The number of methoxy groups -OCH3 is 1. The summed E-state index contributed by atoms with van der Waals surface area (Å²) in [7, 11) is 1.56. The van der Waals surface area contributed by atoms with Gasteiger partial charge in [-0.2, -0.15) is 0 Å². The van der Waals surface area contributed by atoms with Gasteiger partial charge in [0.1, 0.15) is 11.4 Å². The van der Waals surface area contributed by atoms with Crippen LogP contribution < -0.4 is 15.4 Å². The van der Waals surface area contributed by atoms with E-state index < -0.39 is 0 Å². The Hall–Kier alpha value is -3.61. The second kappa shape index (κ2) is 10.1. The number of para-hydroxylation sites is 2. The molecule has 0 aliphatic heterocycles. The van der Waals surface area contributed by atoms with E-state index in [1.54, 1.807) is 31.8 Å². The monoisotopic (exact) mass is 432 g/mol. The third-order valence-electron chi connectivity index (χ3n) is 5.78. The van der Waals surface area contributed by atoms with Gasteiger partial charge in [-0.25, -0.2) is 4.98 Å². The van der Waals surface area contributed by atoms with Gasteiger partial charge < -0.3 is 19.9 Å². The van der Waals surface area contributed by atoms with Gasteiger partial charge in [0.2, 0.25) is 5.91 Å². The Bertz CT molecular complexity index is 1070. The number of imidazole rings is 1. The highest BCUT2D eigenvalue weighted by molar-refractivity contribution is 6.03. The zero-order chi connectivity index (χ0) is 22.3. The third kappa shape index (κ3) is 5.35. The highest BCUT2D eigenvalue weighted by atomic mass is 16.5. The van der Waals surface area contributed by atoms with E-state index >= 15 is 0 Å². The van der Waals surface area contributed by atoms with Gasteiger partial charge in [-0.3, -0.25) is 9.59 Å². The first-order chi connectivity index (χ1) is 15.6. The van der Waals surface area contributed by atoms with Crippen molar-refractivity contribution in [1.29, 1.82) is 0 Å². The van der Waals surface area contributed by atoms with Crippen molar-refractivity contribution in [3.63, 3.8) is 0 Å². The third-order valence-corrected chi connectivity index (χ3v) is 5.78. The quantitative estimate of drug-likeness (QED) is 0.566. The molecule has 1 aliphatic rings. The van der Waals surface area contributed by atoms with Crippen LogP contribution >= 0.6 is 0 Å². The summed E-state index contributed by atoms with van der Waals surface area (Å²) >= 11 is 0. The second-order valence-corrected chi connectivity index (χ2v) is 8.11. The van der Waals surface area contributed by atoms with Gasteiger partial charge in [0.05, 0.1) is 19.1 Å². The maximum Gasteiger partial charge on any atom is 0.275 e. The number of hydrogen-bond donors (Lipinski definition) is 2. The van der Waals surface area contributed by atoms with Crippen molar-refractivity contribution in [3.8, 4) is 5.75 Å². The predicted molar refractivity (Wildman–Crippen MR) is 124 cm³/mol. The standard InChI is InChI=1S/C25H28N4O3/c1-32-23-10-6-5-9-21(23)28-25(31)22-16-29(17-26-22)15-18-11-13-20(14-12-18)27-24(30)19-7-3-2-4-8-19/h5-6,9-14,16-17,19H,2-4,7-8,15H2,1H3,(H,27,30)(H,28,31). The van der Waals surface area contributed by atoms with Crippen molar-refractivity contribution in [1.82, 2.24) is 9.55 Å². The summed E-state index contributed by atoms with van der Waals surface area (Å²) in [6.45, 7) is 0.575. The number of aromatic nitrogens is 2. The lowest BCUT2D eigenvalue weighted by atomic mass is 9.88. The molecule has 0 atom stereocenters. The van der Waals surface area contributed by atoms with Crippen LogP contribution in [0.15, 0.2) is 61.1 Å². The van der Waals surface area contributed by atoms with Gasteiger partial charge in [-0.1, -0.05) is 43.5 Å². The Morgan fingerprint density at radius 3 is 2.53 bits per heavy atom. The first kappa shape index (κ1) is 21.6. The van der Waals surface area contributed by atoms with Gasteiger partial charge in [0, 0.05) is 24.3 Å². The number of nitrogens with zero attached hydrogens (tertiary/aromatic N) is 2. The molecule has 0 radical (unpaired) electrons. The Morgan fingerprint density at radius 2 is 1.78 bits per heavy atom. The molecule has 1 saturated carbocycles. The fraction of sp³-hybridized carbons (Fsp3) is 0.320. The Balaban J connectivity index is 1.34. The summed E-state index contributed by atoms with van der Waals surface area (Å²) in [6, 6.07) is 15.0. The molecule has 166 valence electrons. The molecule has 0 unspecified atom stereocenters. The van der Waals surface area contributed by atoms with Crippen LogP contribution in [-0.4, -0.2) is 28.5 Å². The van der Waals surface area contributed by atoms with Crippen molar-refractivity contribution < 1.29 is 14.3 Å². The number of ether oxygens (including phenoxy) is 1. The van der Waals surface area contributed by atoms with Crippen molar-refractivity contribution in [2.75, 3.05) is 17.7 Å². The van der Waals surface area contributed by atoms with Crippen LogP contribution in [0.1, 0.15) is 48.2 Å². The minimum atomic E-state index is -0.297. The maximum absolute atomic E-state index is 12.5. The normalized spacial score (nSPS) is 14.0. The SMILES string of the molecule is COc1ccccc1NC(=O)c1cn(Cc2ccc(NC(=O)C3CCCCC3)cc2)cn1. The molecule has 0 spiro atoms. The highest BCUT2D eigenvalue weighted by Crippen LogP contribution is 2.25. The fourth-order valence-electron chi connectivity index (χ4n) is 4.01. The summed E-state index contributed by atoms with van der Waals surface area (Å²) < 4.78 is 7.12. The smallest absolute Gasteiger partial charge is 0.275 e. The van der Waals surface area contributed by atoms with Crippen molar-refractivity contribution in [3.05, 3.63) is 72.3 Å². The van der Waals surface area contributed by atoms with Gasteiger partial charge in [-0.05, 0) is 42.7 Å². The zero-order valence-corrected chi connectivity index (χ0v) is 18.2. The number of carbonyl (C=O) groups excluding carboxylic acids is 2. The zero-order valence-electron chi connectivity index (χ0n) is 18.2. The Kier molecular flexibility index (Phi) is 6.84. The molecule has 1 heterocycles. The number of carbonyl (C=O) groups is 2. The Morgan fingerprint density at radius 1 is 1.03 bits per heavy atom. The minimum Gasteiger partial charge on any atom is -0.495 e. The first-order valence-electron chi connectivity index (χ1n) is 11.0. The summed E-state index contributed by atoms with van der Waals surface area (Å²) in [5.74, 6) is 0.553. The minimum absolute atomic E-state index is 0.123. The maximum atomic E-state index is 12.5. The van der Waals surface area contributed by atoms with E-state index in [9.17, 15) is 9.59 Å². The highest BCUT2D eigenvalue weighted by Gasteiger charge is 2.21. The number of nitrogens with one attached hydrogen (secondary N) is 2. The predicted octanol–water partition coefficient (Wildman–Crippen LogP) is 4.71. The van der Waals surface area contributed by atoms with E-state index in [0.717, 1.165) is 36.9 Å². The van der Waals surface area contributed by atoms with Crippen LogP contribution in [0.3, 0.4) is 0 Å². The fourth-order valence-corrected chi connectivity index (χ4v) is 4.01. The number of anilines is 2. The molecule has 4 rings (SSSR count). The molecular weight excluding hydrogens is 404 g/mol. The topological polar surface area (TPSA) is 85.2 Å². The van der Waals surface area contributed by atoms with Gasteiger partial charge in [0.25, 0.3) is 5.91 Å². The molecule has 7 heteroatoms. The average Bonchev–Trinajstić information content (AvgIpc) is 3.30. The van der Waals surface area contributed by atoms with E-state index in [1.807, 2.05) is 41.0 Å². The molecule has 0 bridgehead atoms. The van der Waals surface area contributed by atoms with Crippen LogP contribution in [0, 0.1) is 5.92 Å². The second-order valence-electron chi connectivity index (χ2n) is 8.11. The molecule has 1 fully saturated rings. The summed E-state index contributed by atoms with van der Waals surface area (Å²) in [5, 5.41) is 5.86. The molecule has 2 N–H and O–H groups in total. The summed E-state index contributed by atoms with van der Waals surface area (Å²) in [4.78, 5) is 29.2.